The number of thioether (sulfide) groups is 1. The van der Waals surface area contributed by atoms with Crippen LogP contribution < -0.4 is 0 Å². The van der Waals surface area contributed by atoms with E-state index in [4.69, 9.17) is 4.74 Å². The van der Waals surface area contributed by atoms with Crippen molar-refractivity contribution in [2.24, 2.45) is 11.8 Å². The molecule has 0 aromatic carbocycles. The predicted molar refractivity (Wildman–Crippen MR) is 131 cm³/mol. The molecule has 33 heavy (non-hydrogen) atoms. The van der Waals surface area contributed by atoms with Crippen LogP contribution in [0.2, 0.25) is 0 Å². The van der Waals surface area contributed by atoms with Crippen LogP contribution in [0.3, 0.4) is 0 Å². The first-order chi connectivity index (χ1) is 15.8. The lowest BCUT2D eigenvalue weighted by Crippen LogP contribution is -2.59. The van der Waals surface area contributed by atoms with E-state index in [9.17, 15) is 19.5 Å². The number of hydrogen-bond donors (Lipinski definition) is 1. The Bertz CT molecular complexity index is 806. The molecule has 0 radical (unpaired) electrons. The highest BCUT2D eigenvalue weighted by molar-refractivity contribution is 9.09. The first-order valence-electron chi connectivity index (χ1n) is 12.1. The summed E-state index contributed by atoms with van der Waals surface area (Å²) in [6, 6.07) is -1.10. The van der Waals surface area contributed by atoms with Crippen LogP contribution in [0.4, 0.5) is 0 Å². The van der Waals surface area contributed by atoms with E-state index in [2.05, 4.69) is 22.5 Å². The van der Waals surface area contributed by atoms with Crippen molar-refractivity contribution in [2.45, 2.75) is 85.3 Å². The molecule has 3 aliphatic heterocycles. The number of halogens is 1. The molecule has 3 heterocycles. The number of carbonyl (C=O) groups excluding carboxylic acids is 3. The molecule has 7 nitrogen and oxygen atoms in total. The minimum absolute atomic E-state index is 0.0168. The van der Waals surface area contributed by atoms with Crippen molar-refractivity contribution >= 4 is 45.5 Å². The molecule has 4 fully saturated rings. The smallest absolute Gasteiger partial charge is 0.310 e. The highest BCUT2D eigenvalue weighted by atomic mass is 79.9. The number of aliphatic hydroxyl groups excluding tert-OH is 1. The average Bonchev–Trinajstić information content (AvgIpc) is 3.40. The van der Waals surface area contributed by atoms with Gasteiger partial charge in [0, 0.05) is 22.7 Å². The minimum Gasteiger partial charge on any atom is -0.466 e. The topological polar surface area (TPSA) is 87.2 Å². The third-order valence-corrected chi connectivity index (χ3v) is 11.1. The van der Waals surface area contributed by atoms with Gasteiger partial charge in [0.2, 0.25) is 11.8 Å². The molecule has 4 aliphatic rings. The summed E-state index contributed by atoms with van der Waals surface area (Å²) in [6.07, 6.45) is 7.65. The lowest BCUT2D eigenvalue weighted by Gasteiger charge is -2.42. The van der Waals surface area contributed by atoms with Crippen molar-refractivity contribution < 1.29 is 24.2 Å². The maximum atomic E-state index is 14.3. The quantitative estimate of drug-likeness (QED) is 0.288. The number of rotatable bonds is 8. The van der Waals surface area contributed by atoms with Gasteiger partial charge < -0.3 is 19.6 Å². The van der Waals surface area contributed by atoms with E-state index < -0.39 is 28.7 Å². The monoisotopic (exact) mass is 542 g/mol. The Morgan fingerprint density at radius 2 is 2.09 bits per heavy atom. The molecule has 2 amide bonds. The van der Waals surface area contributed by atoms with Crippen molar-refractivity contribution in [3.63, 3.8) is 0 Å². The van der Waals surface area contributed by atoms with Gasteiger partial charge in [0.1, 0.15) is 6.04 Å². The van der Waals surface area contributed by atoms with E-state index in [1.807, 2.05) is 4.90 Å². The molecule has 1 N–H and O–H groups in total. The molecule has 4 rings (SSSR count). The zero-order chi connectivity index (χ0) is 23.9. The molecule has 2 bridgehead atoms. The minimum atomic E-state index is -0.714. The van der Waals surface area contributed by atoms with Crippen molar-refractivity contribution in [1.82, 2.24) is 9.80 Å². The molecule has 1 aliphatic carbocycles. The molecule has 3 unspecified atom stereocenters. The molecule has 0 aromatic rings. The Morgan fingerprint density at radius 3 is 2.70 bits per heavy atom. The molecule has 7 atom stereocenters. The van der Waals surface area contributed by atoms with E-state index >= 15 is 0 Å². The van der Waals surface area contributed by atoms with E-state index in [0.29, 0.717) is 13.0 Å². The summed E-state index contributed by atoms with van der Waals surface area (Å²) in [5.74, 6) is -1.84. The lowest BCUT2D eigenvalue weighted by atomic mass is 9.71. The normalized spacial score (nSPS) is 36.5. The number of amides is 2. The van der Waals surface area contributed by atoms with Gasteiger partial charge in [0.15, 0.2) is 0 Å². The molecular formula is C24H35BrN2O5S. The van der Waals surface area contributed by atoms with Crippen LogP contribution >= 0.6 is 27.7 Å². The predicted octanol–water partition coefficient (Wildman–Crippen LogP) is 2.74. The maximum absolute atomic E-state index is 14.3. The third-order valence-electron chi connectivity index (χ3n) is 7.88. The van der Waals surface area contributed by atoms with Crippen LogP contribution in [0.1, 0.15) is 52.4 Å². The fraction of sp³-hybridized carbons (Fsp3) is 0.792. The van der Waals surface area contributed by atoms with Gasteiger partial charge in [-0.2, -0.15) is 0 Å². The third kappa shape index (κ3) is 3.96. The second-order valence-corrected chi connectivity index (χ2v) is 12.5. The number of nitrogens with zero attached hydrogens (tertiary/aromatic N) is 2. The molecule has 3 saturated heterocycles. The van der Waals surface area contributed by atoms with E-state index in [1.54, 1.807) is 36.6 Å². The van der Waals surface area contributed by atoms with Crippen molar-refractivity contribution in [1.29, 1.82) is 0 Å². The zero-order valence-corrected chi connectivity index (χ0v) is 21.9. The van der Waals surface area contributed by atoms with E-state index in [1.165, 1.54) is 6.42 Å². The molecule has 9 heteroatoms. The summed E-state index contributed by atoms with van der Waals surface area (Å²) in [5.41, 5.74) is 0. The Morgan fingerprint density at radius 1 is 1.39 bits per heavy atom. The summed E-state index contributed by atoms with van der Waals surface area (Å²) in [5, 5.41) is 9.89. The fourth-order valence-electron chi connectivity index (χ4n) is 6.52. The van der Waals surface area contributed by atoms with Gasteiger partial charge in [0.05, 0.1) is 35.8 Å². The zero-order valence-electron chi connectivity index (χ0n) is 19.5. The fourth-order valence-corrected chi connectivity index (χ4v) is 10.1. The van der Waals surface area contributed by atoms with Crippen LogP contribution in [0, 0.1) is 11.8 Å². The number of fused-ring (bicyclic) bond motifs is 1. The highest BCUT2D eigenvalue weighted by Gasteiger charge is 2.76. The van der Waals surface area contributed by atoms with Crippen LogP contribution in [0.15, 0.2) is 12.7 Å². The molecular weight excluding hydrogens is 508 g/mol. The van der Waals surface area contributed by atoms with Gasteiger partial charge in [0.25, 0.3) is 0 Å². The Hall–Kier alpha value is -1.06. The van der Waals surface area contributed by atoms with E-state index in [0.717, 1.165) is 25.7 Å². The summed E-state index contributed by atoms with van der Waals surface area (Å²) in [7, 11) is 0. The number of likely N-dealkylation sites (tertiary alicyclic amines) is 1. The number of esters is 1. The second-order valence-electron chi connectivity index (χ2n) is 9.76. The van der Waals surface area contributed by atoms with Crippen LogP contribution in [0.25, 0.3) is 0 Å². The molecule has 184 valence electrons. The number of alkyl halides is 1. The summed E-state index contributed by atoms with van der Waals surface area (Å²) in [4.78, 5) is 44.7. The van der Waals surface area contributed by atoms with Gasteiger partial charge in [-0.05, 0) is 33.1 Å². The summed E-state index contributed by atoms with van der Waals surface area (Å²) in [6.45, 7) is 7.87. The van der Waals surface area contributed by atoms with Gasteiger partial charge in [-0.25, -0.2) is 0 Å². The second kappa shape index (κ2) is 9.90. The SMILES string of the molecule is C=CCN(C(=O)C1N([C@H](C)CO)C(=O)[C@@H]2[C@@H](C(=O)OCC)[C@@H]3SC12CC3Br)C1CCCCC1. The number of hydrogen-bond acceptors (Lipinski definition) is 6. The number of carbonyl (C=O) groups is 3. The van der Waals surface area contributed by atoms with Gasteiger partial charge in [-0.3, -0.25) is 14.4 Å². The molecule has 1 spiro atoms. The Labute approximate surface area is 208 Å². The first kappa shape index (κ1) is 25.0. The van der Waals surface area contributed by atoms with Crippen molar-refractivity contribution in [3.05, 3.63) is 12.7 Å². The summed E-state index contributed by atoms with van der Waals surface area (Å²) >= 11 is 5.36. The number of ether oxygens (including phenoxy) is 1. The van der Waals surface area contributed by atoms with Crippen LogP contribution in [-0.2, 0) is 19.1 Å². The maximum Gasteiger partial charge on any atom is 0.310 e. The number of aliphatic hydroxyl groups is 1. The van der Waals surface area contributed by atoms with Gasteiger partial charge in [-0.15, -0.1) is 18.3 Å². The van der Waals surface area contributed by atoms with Crippen molar-refractivity contribution in [2.75, 3.05) is 19.8 Å². The van der Waals surface area contributed by atoms with Gasteiger partial charge >= 0.3 is 5.97 Å². The van der Waals surface area contributed by atoms with Gasteiger partial charge in [-0.1, -0.05) is 41.3 Å². The Balaban J connectivity index is 1.76. The van der Waals surface area contributed by atoms with Crippen LogP contribution in [-0.4, -0.2) is 85.4 Å². The average molecular weight is 544 g/mol. The van der Waals surface area contributed by atoms with Crippen molar-refractivity contribution in [3.8, 4) is 0 Å². The highest BCUT2D eigenvalue weighted by Crippen LogP contribution is 2.68. The first-order valence-corrected chi connectivity index (χ1v) is 13.9. The lowest BCUT2D eigenvalue weighted by molar-refractivity contribution is -0.154. The standard InChI is InChI=1S/C24H35BrN2O5S/c1-4-11-26(15-9-7-6-8-10-15)22(30)20-24-12-16(25)19(33-24)17(23(31)32-5-2)18(24)21(29)27(20)14(3)13-28/h4,14-20,28H,1,5-13H2,2-3H3/t14-,16?,17-,18+,19-,20?,24?/m1/s1. The van der Waals surface area contributed by atoms with Crippen LogP contribution in [0.5, 0.6) is 0 Å². The van der Waals surface area contributed by atoms with E-state index in [-0.39, 0.29) is 47.1 Å². The Kier molecular flexibility index (Phi) is 7.51. The summed E-state index contributed by atoms with van der Waals surface area (Å²) < 4.78 is 4.67. The largest absolute Gasteiger partial charge is 0.466 e. The molecule has 0 aromatic heterocycles. The molecule has 1 saturated carbocycles.